The number of terminal acetylenes is 1. The summed E-state index contributed by atoms with van der Waals surface area (Å²) in [4.78, 5) is 32.9. The molecule has 2 aromatic heterocycles. The van der Waals surface area contributed by atoms with Gasteiger partial charge in [0.25, 0.3) is 0 Å². The summed E-state index contributed by atoms with van der Waals surface area (Å²) in [6.45, 7) is 7.40. The van der Waals surface area contributed by atoms with Crippen LogP contribution in [0.4, 0.5) is 14.6 Å². The third kappa shape index (κ3) is 5.40. The maximum Gasteiger partial charge on any atom is 0.319 e. The van der Waals surface area contributed by atoms with E-state index < -0.39 is 11.6 Å². The van der Waals surface area contributed by atoms with Gasteiger partial charge in [-0.1, -0.05) is 25.8 Å². The van der Waals surface area contributed by atoms with Gasteiger partial charge in [-0.05, 0) is 75.2 Å². The lowest BCUT2D eigenvalue weighted by atomic mass is 9.95. The van der Waals surface area contributed by atoms with Crippen molar-refractivity contribution in [3.8, 4) is 35.4 Å². The number of pyridine rings is 1. The number of carbonyl (C=O) groups is 1. The Morgan fingerprint density at radius 1 is 1.14 bits per heavy atom. The van der Waals surface area contributed by atoms with Crippen LogP contribution in [0.1, 0.15) is 57.9 Å². The van der Waals surface area contributed by atoms with Crippen molar-refractivity contribution in [1.29, 1.82) is 0 Å². The molecule has 3 N–H and O–H groups in total. The predicted molar refractivity (Wildman–Crippen MR) is 183 cm³/mol. The number of rotatable bonds is 6. The molecule has 2 aromatic carbocycles. The lowest BCUT2D eigenvalue weighted by molar-refractivity contribution is -0.141. The molecule has 12 heteroatoms. The van der Waals surface area contributed by atoms with E-state index in [0.717, 1.165) is 57.8 Å². The van der Waals surface area contributed by atoms with Gasteiger partial charge in [0.05, 0.1) is 28.6 Å². The summed E-state index contributed by atoms with van der Waals surface area (Å²) in [5.74, 6) is 1.08. The Kier molecular flexibility index (Phi) is 8.57. The van der Waals surface area contributed by atoms with Crippen LogP contribution in [-0.2, 0) is 4.79 Å². The number of hydrogen-bond donors (Lipinski definition) is 2. The maximum atomic E-state index is 16.9. The first-order chi connectivity index (χ1) is 23.8. The summed E-state index contributed by atoms with van der Waals surface area (Å²) in [7, 11) is 0. The van der Waals surface area contributed by atoms with E-state index in [1.54, 1.807) is 0 Å². The smallest absolute Gasteiger partial charge is 0.319 e. The summed E-state index contributed by atoms with van der Waals surface area (Å²) < 4.78 is 38.1. The molecule has 49 heavy (non-hydrogen) atoms. The van der Waals surface area contributed by atoms with Crippen LogP contribution in [0.3, 0.4) is 0 Å². The van der Waals surface area contributed by atoms with E-state index >= 15 is 4.39 Å². The number of amides is 1. The minimum atomic E-state index is -0.772. The fourth-order valence-corrected chi connectivity index (χ4v) is 8.45. The molecular formula is C37H40F2N7O3+. The Bertz CT molecular complexity index is 1990. The number of halogens is 2. The third-order valence-corrected chi connectivity index (χ3v) is 10.6. The summed E-state index contributed by atoms with van der Waals surface area (Å²) >= 11 is 0. The number of phenolic OH excluding ortho intramolecular Hbond substituents is 1. The average Bonchev–Trinajstić information content (AvgIpc) is 3.78. The first-order valence-corrected chi connectivity index (χ1v) is 17.1. The predicted octanol–water partition coefficient (Wildman–Crippen LogP) is 3.85. The van der Waals surface area contributed by atoms with Crippen molar-refractivity contribution in [2.45, 2.75) is 70.0 Å². The number of nitrogens with zero attached hydrogens (tertiary/aromatic N) is 6. The standard InChI is InChI=1S/C35H33F2N7O3.C2H6/c1-2-24-27(36)8-5-20-13-23(45)14-25(29(20)24)31-30(37)32-26(16-39-31)33(42-17-21-6-7-22(18-42)44(21)28(46)15-38)41-34(40-32)47-19-35-9-3-11-43(35)12-4-10-35;1-2/h1,5,8,13-16,21-22,38,45H,3-4,6-7,9-12,17-19H2;1-2H3/p+1/t21-,22?;/m1./s1. The highest BCUT2D eigenvalue weighted by Gasteiger charge is 2.46. The number of hydrogen-bond acceptors (Lipinski definition) is 8. The topological polar surface area (TPSA) is 121 Å². The zero-order valence-electron chi connectivity index (χ0n) is 27.8. The largest absolute Gasteiger partial charge is 0.508 e. The van der Waals surface area contributed by atoms with Gasteiger partial charge < -0.3 is 19.6 Å². The fraction of sp³-hybridized carbons (Fsp3) is 0.432. The van der Waals surface area contributed by atoms with Crippen LogP contribution < -0.4 is 15.0 Å². The van der Waals surface area contributed by atoms with E-state index in [1.807, 2.05) is 23.6 Å². The Morgan fingerprint density at radius 2 is 1.86 bits per heavy atom. The van der Waals surface area contributed by atoms with E-state index in [1.165, 1.54) is 30.5 Å². The first-order valence-electron chi connectivity index (χ1n) is 17.1. The molecule has 4 saturated heterocycles. The van der Waals surface area contributed by atoms with Crippen LogP contribution in [0.25, 0.3) is 32.9 Å². The Labute approximate surface area is 283 Å². The van der Waals surface area contributed by atoms with E-state index in [9.17, 15) is 14.3 Å². The van der Waals surface area contributed by atoms with Gasteiger partial charge in [-0.25, -0.2) is 8.78 Å². The third-order valence-electron chi connectivity index (χ3n) is 10.6. The van der Waals surface area contributed by atoms with Crippen molar-refractivity contribution in [2.24, 2.45) is 0 Å². The van der Waals surface area contributed by atoms with Gasteiger partial charge in [0, 0.05) is 30.2 Å². The van der Waals surface area contributed by atoms with E-state index in [-0.39, 0.29) is 63.0 Å². The molecule has 1 unspecified atom stereocenters. The number of benzene rings is 2. The van der Waals surface area contributed by atoms with Crippen LogP contribution in [0.2, 0.25) is 0 Å². The molecule has 0 saturated carbocycles. The Balaban J connectivity index is 0.00000186. The Hall–Kier alpha value is -4.89. The van der Waals surface area contributed by atoms with Crippen LogP contribution >= 0.6 is 0 Å². The number of nitrogens with two attached hydrogens (primary N) is 1. The number of anilines is 1. The van der Waals surface area contributed by atoms with Crippen molar-refractivity contribution in [2.75, 3.05) is 37.7 Å². The van der Waals surface area contributed by atoms with Crippen molar-refractivity contribution < 1.29 is 28.8 Å². The van der Waals surface area contributed by atoms with E-state index in [2.05, 4.69) is 20.8 Å². The lowest BCUT2D eigenvalue weighted by Gasteiger charge is -2.40. The lowest BCUT2D eigenvalue weighted by Crippen LogP contribution is -2.58. The number of aromatic hydroxyl groups is 1. The van der Waals surface area contributed by atoms with E-state index in [0.29, 0.717) is 36.3 Å². The molecule has 4 fully saturated rings. The number of ether oxygens (including phenoxy) is 1. The van der Waals surface area contributed by atoms with Crippen LogP contribution in [0, 0.1) is 24.0 Å². The highest BCUT2D eigenvalue weighted by molar-refractivity contribution is 6.23. The molecular weight excluding hydrogens is 628 g/mol. The molecule has 4 aliphatic rings. The highest BCUT2D eigenvalue weighted by Crippen LogP contribution is 2.42. The van der Waals surface area contributed by atoms with Crippen molar-refractivity contribution in [1.82, 2.24) is 24.8 Å². The van der Waals surface area contributed by atoms with Gasteiger partial charge in [-0.3, -0.25) is 20.1 Å². The number of carbonyl (C=O) groups excluding carboxylic acids is 1. The molecule has 0 spiro atoms. The SMILES string of the molecule is C#Cc1c(F)ccc2cc(O)cc(-c3ncc4c(N5CC6CC[C@H](C5)N6C(=O)C=[NH2+])nc(OCC56CCCN5CCC6)nc4c3F)c12.CC. The second-order valence-electron chi connectivity index (χ2n) is 13.1. The number of piperazine rings is 1. The summed E-state index contributed by atoms with van der Waals surface area (Å²) in [5, 5.41) is 17.2. The highest BCUT2D eigenvalue weighted by atomic mass is 19.1. The zero-order valence-corrected chi connectivity index (χ0v) is 27.8. The monoisotopic (exact) mass is 668 g/mol. The second kappa shape index (κ2) is 12.9. The molecule has 8 rings (SSSR count). The molecule has 4 aromatic rings. The minimum Gasteiger partial charge on any atom is -0.508 e. The first kappa shape index (κ1) is 32.6. The quantitative estimate of drug-likeness (QED) is 0.235. The molecule has 1 amide bonds. The summed E-state index contributed by atoms with van der Waals surface area (Å²) in [6, 6.07) is 5.37. The molecule has 254 valence electrons. The van der Waals surface area contributed by atoms with Crippen LogP contribution in [0.5, 0.6) is 11.8 Å². The molecule has 4 aliphatic heterocycles. The molecule has 6 heterocycles. The minimum absolute atomic E-state index is 0.0153. The van der Waals surface area contributed by atoms with Gasteiger partial charge in [-0.2, -0.15) is 9.97 Å². The normalized spacial score (nSPS) is 21.0. The van der Waals surface area contributed by atoms with Crippen molar-refractivity contribution in [3.63, 3.8) is 0 Å². The summed E-state index contributed by atoms with van der Waals surface area (Å²) in [6.07, 6.45) is 14.2. The Morgan fingerprint density at radius 3 is 2.53 bits per heavy atom. The number of aromatic nitrogens is 3. The van der Waals surface area contributed by atoms with Gasteiger partial charge in [-0.15, -0.1) is 6.42 Å². The van der Waals surface area contributed by atoms with Crippen LogP contribution in [-0.4, -0.2) is 92.4 Å². The number of phenols is 1. The fourth-order valence-electron chi connectivity index (χ4n) is 8.45. The molecule has 2 atom stereocenters. The van der Waals surface area contributed by atoms with Crippen molar-refractivity contribution >= 4 is 39.6 Å². The average molecular weight is 669 g/mol. The molecule has 10 nitrogen and oxygen atoms in total. The van der Waals surface area contributed by atoms with E-state index in [4.69, 9.17) is 21.6 Å². The van der Waals surface area contributed by atoms with Gasteiger partial charge in [0.1, 0.15) is 35.2 Å². The second-order valence-corrected chi connectivity index (χ2v) is 13.1. The zero-order chi connectivity index (χ0) is 34.4. The van der Waals surface area contributed by atoms with Crippen LogP contribution in [0.15, 0.2) is 30.5 Å². The summed E-state index contributed by atoms with van der Waals surface area (Å²) in [5.41, 5.74) is -0.148. The van der Waals surface area contributed by atoms with Crippen molar-refractivity contribution in [3.05, 3.63) is 47.7 Å². The molecule has 2 bridgehead atoms. The molecule has 0 aliphatic carbocycles. The number of fused-ring (bicyclic) bond motifs is 5. The van der Waals surface area contributed by atoms with Gasteiger partial charge in [0.15, 0.2) is 5.82 Å². The van der Waals surface area contributed by atoms with Gasteiger partial charge in [0.2, 0.25) is 6.21 Å². The molecule has 0 radical (unpaired) electrons. The maximum absolute atomic E-state index is 16.9. The van der Waals surface area contributed by atoms with Gasteiger partial charge >= 0.3 is 11.9 Å².